The van der Waals surface area contributed by atoms with Crippen molar-refractivity contribution in [3.8, 4) is 0 Å². The van der Waals surface area contributed by atoms with Crippen LogP contribution < -0.4 is 34.7 Å². The van der Waals surface area contributed by atoms with E-state index in [1.165, 1.54) is 0 Å². The summed E-state index contributed by atoms with van der Waals surface area (Å²) < 4.78 is 0. The number of carbonyl (C=O) groups excluding carboxylic acids is 1. The van der Waals surface area contributed by atoms with Gasteiger partial charge >= 0.3 is 54.0 Å². The molecule has 0 atom stereocenters. The predicted molar refractivity (Wildman–Crippen MR) is 28.0 cm³/mol. The Morgan fingerprint density at radius 3 is 1.57 bits per heavy atom. The monoisotopic (exact) mass is 238 g/mol. The van der Waals surface area contributed by atoms with Crippen molar-refractivity contribution < 1.29 is 39.5 Å². The molecule has 0 aromatic carbocycles. The van der Waals surface area contributed by atoms with Crippen molar-refractivity contribution in [1.29, 1.82) is 0 Å². The van der Waals surface area contributed by atoms with Crippen LogP contribution in [0.4, 0.5) is 0 Å². The van der Waals surface area contributed by atoms with E-state index in [1.807, 2.05) is 0 Å². The molecule has 0 saturated heterocycles. The van der Waals surface area contributed by atoms with Gasteiger partial charge in [0.15, 0.2) is 0 Å². The maximum atomic E-state index is 8.89. The van der Waals surface area contributed by atoms with Crippen molar-refractivity contribution in [2.45, 2.75) is 6.92 Å². The molecule has 0 bridgehead atoms. The number of carboxylic acids is 1. The molecule has 0 heterocycles. The van der Waals surface area contributed by atoms with Gasteiger partial charge in [-0.05, 0) is 6.92 Å². The quantitative estimate of drug-likeness (QED) is 0.240. The molecule has 0 spiro atoms. The van der Waals surface area contributed by atoms with E-state index in [0.29, 0.717) is 0 Å². The number of rotatable bonds is 0. The van der Waals surface area contributed by atoms with Gasteiger partial charge in [-0.1, -0.05) is 0 Å². The average molecular weight is 239 g/mol. The number of carbonyl (C=O) groups is 1. The summed E-state index contributed by atoms with van der Waals surface area (Å²) in [7, 11) is 0. The number of aliphatic carboxylic acids is 1. The Morgan fingerprint density at radius 1 is 1.57 bits per heavy atom. The van der Waals surface area contributed by atoms with E-state index < -0.39 is 5.97 Å². The third kappa shape index (κ3) is 90.5. The molecule has 0 aromatic rings. The summed E-state index contributed by atoms with van der Waals surface area (Å²) in [5.41, 5.74) is 0. The first-order valence-electron chi connectivity index (χ1n) is 0.908. The Morgan fingerprint density at radius 2 is 1.57 bits per heavy atom. The third-order valence-electron chi connectivity index (χ3n) is 0. The molecule has 7 heavy (non-hydrogen) atoms. The van der Waals surface area contributed by atoms with Gasteiger partial charge in [-0.3, -0.25) is 0 Å². The van der Waals surface area contributed by atoms with Crippen LogP contribution in [-0.4, -0.2) is 30.4 Å². The zero-order chi connectivity index (χ0) is 3.58. The average Bonchev–Trinajstić information content (AvgIpc) is 0.811. The summed E-state index contributed by atoms with van der Waals surface area (Å²) in [6.07, 6.45) is 0. The third-order valence-corrected chi connectivity index (χ3v) is 0. The maximum absolute atomic E-state index is 8.89. The van der Waals surface area contributed by atoms with Crippen molar-refractivity contribution in [1.82, 2.24) is 0 Å². The molecule has 0 aromatic heterocycles. The van der Waals surface area contributed by atoms with Crippen LogP contribution in [0.1, 0.15) is 6.92 Å². The molecule has 0 N–H and O–H groups in total. The Hall–Kier alpha value is 1.64. The first kappa shape index (κ1) is 23.4. The standard InChI is InChI=1S/C2H4O2.Na.H2S.Sb.2H/c1-2(3)4;;;;;/h1H3,(H,3,4);;1H2;;;/q;+1;;;;/p-2. The summed E-state index contributed by atoms with van der Waals surface area (Å²) in [5, 5.41) is 8.89. The summed E-state index contributed by atoms with van der Waals surface area (Å²) >= 11 is 0. The van der Waals surface area contributed by atoms with Gasteiger partial charge in [-0.2, -0.15) is 0 Å². The van der Waals surface area contributed by atoms with E-state index in [4.69, 9.17) is 9.90 Å². The minimum absolute atomic E-state index is 0. The first-order valence-corrected chi connectivity index (χ1v) is 0.908. The fourth-order valence-electron chi connectivity index (χ4n) is 0. The molecule has 0 aliphatic carbocycles. The second kappa shape index (κ2) is 15.6. The SMILES string of the molecule is CC(=O)[O-].[Na+].[SH-].[SbH2]. The predicted octanol–water partition coefficient (Wildman–Crippen LogP) is -5.43. The van der Waals surface area contributed by atoms with Gasteiger partial charge in [0.25, 0.3) is 0 Å². The van der Waals surface area contributed by atoms with Gasteiger partial charge in [-0.25, -0.2) is 0 Å². The molecule has 2 nitrogen and oxygen atoms in total. The molecule has 0 saturated carbocycles. The number of hydrogen-bond donors (Lipinski definition) is 0. The summed E-state index contributed by atoms with van der Waals surface area (Å²) in [6.45, 7) is 0.972. The van der Waals surface area contributed by atoms with Crippen LogP contribution in [0, 0.1) is 0 Å². The van der Waals surface area contributed by atoms with Crippen molar-refractivity contribution in [3.05, 3.63) is 0 Å². The molecule has 0 amide bonds. The fourth-order valence-corrected chi connectivity index (χ4v) is 0. The fraction of sp³-hybridized carbons (Fsp3) is 0.500. The van der Waals surface area contributed by atoms with Gasteiger partial charge in [0.05, 0.1) is 0 Å². The molecule has 39 valence electrons. The van der Waals surface area contributed by atoms with Crippen molar-refractivity contribution in [2.75, 3.05) is 0 Å². The van der Waals surface area contributed by atoms with Gasteiger partial charge in [-0.15, -0.1) is 0 Å². The van der Waals surface area contributed by atoms with Crippen LogP contribution in [0.15, 0.2) is 0 Å². The number of hydrogen-bond acceptors (Lipinski definition) is 3. The first-order chi connectivity index (χ1) is 1.73. The van der Waals surface area contributed by atoms with E-state index in [2.05, 4.69) is 0 Å². The van der Waals surface area contributed by atoms with E-state index in [1.54, 1.807) is 0 Å². The Kier molecular flexibility index (Phi) is 52.4. The van der Waals surface area contributed by atoms with E-state index in [9.17, 15) is 0 Å². The molecule has 5 heteroatoms. The molecule has 0 rings (SSSR count). The number of thiol groups is 1. The summed E-state index contributed by atoms with van der Waals surface area (Å²) in [4.78, 5) is 8.89. The molecular formula is C2H6NaO2SSb-. The minimum atomic E-state index is -1.08. The van der Waals surface area contributed by atoms with Crippen molar-refractivity contribution in [3.63, 3.8) is 0 Å². The van der Waals surface area contributed by atoms with Crippen LogP contribution in [0.5, 0.6) is 0 Å². The molecule has 0 aliphatic rings. The van der Waals surface area contributed by atoms with E-state index >= 15 is 0 Å². The van der Waals surface area contributed by atoms with Crippen LogP contribution in [-0.2, 0) is 18.3 Å². The Bertz CT molecular complexity index is 38.7. The zero-order valence-corrected chi connectivity index (χ0v) is 10.5. The molecule has 0 aliphatic heterocycles. The summed E-state index contributed by atoms with van der Waals surface area (Å²) in [6, 6.07) is 0. The van der Waals surface area contributed by atoms with Crippen LogP contribution >= 0.6 is 0 Å². The Labute approximate surface area is 89.2 Å². The van der Waals surface area contributed by atoms with Gasteiger partial charge < -0.3 is 23.4 Å². The molecular weight excluding hydrogens is 233 g/mol. The summed E-state index contributed by atoms with van der Waals surface area (Å²) in [5.74, 6) is -1.08. The van der Waals surface area contributed by atoms with Crippen molar-refractivity contribution in [2.24, 2.45) is 0 Å². The van der Waals surface area contributed by atoms with Gasteiger partial charge in [0.1, 0.15) is 0 Å². The van der Waals surface area contributed by atoms with Crippen LogP contribution in [0.25, 0.3) is 0 Å². The zero-order valence-electron chi connectivity index (χ0n) is 4.34. The van der Waals surface area contributed by atoms with Crippen LogP contribution in [0.3, 0.4) is 0 Å². The molecule has 1 radical (unpaired) electrons. The Balaban J connectivity index is -0.0000000150. The van der Waals surface area contributed by atoms with E-state index in [0.717, 1.165) is 6.92 Å². The van der Waals surface area contributed by atoms with Gasteiger partial charge in [0, 0.05) is 5.97 Å². The van der Waals surface area contributed by atoms with Crippen LogP contribution in [0.2, 0.25) is 0 Å². The topological polar surface area (TPSA) is 40.1 Å². The molecule has 0 fully saturated rings. The van der Waals surface area contributed by atoms with E-state index in [-0.39, 0.29) is 67.5 Å². The molecule has 0 unspecified atom stereocenters. The normalized spacial score (nSPS) is 3.57. The van der Waals surface area contributed by atoms with Gasteiger partial charge in [0.2, 0.25) is 0 Å². The second-order valence-corrected chi connectivity index (χ2v) is 0.492. The number of carboxylic acid groups (broad SMARTS) is 1. The second-order valence-electron chi connectivity index (χ2n) is 0.492. The van der Waals surface area contributed by atoms with Crippen molar-refractivity contribution >= 4 is 43.9 Å².